The summed E-state index contributed by atoms with van der Waals surface area (Å²) in [6.45, 7) is 2.05. The fourth-order valence-corrected chi connectivity index (χ4v) is 3.10. The Kier molecular flexibility index (Phi) is 4.52. The highest BCUT2D eigenvalue weighted by Gasteiger charge is 2.26. The summed E-state index contributed by atoms with van der Waals surface area (Å²) in [6, 6.07) is 3.25. The molecule has 1 aromatic carbocycles. The zero-order valence-electron chi connectivity index (χ0n) is 11.8. The summed E-state index contributed by atoms with van der Waals surface area (Å²) < 4.78 is 39.9. The van der Waals surface area contributed by atoms with Gasteiger partial charge in [0.15, 0.2) is 21.3 Å². The Morgan fingerprint density at radius 2 is 1.95 bits per heavy atom. The molecular weight excluding hydrogens is 282 g/mol. The van der Waals surface area contributed by atoms with Crippen LogP contribution in [0.25, 0.3) is 0 Å². The molecule has 0 radical (unpaired) electrons. The van der Waals surface area contributed by atoms with Crippen molar-refractivity contribution in [3.05, 3.63) is 17.7 Å². The third-order valence-corrected chi connectivity index (χ3v) is 4.31. The van der Waals surface area contributed by atoms with Crippen LogP contribution in [-0.4, -0.2) is 48.6 Å². The highest BCUT2D eigenvalue weighted by molar-refractivity contribution is 7.90. The van der Waals surface area contributed by atoms with Gasteiger partial charge in [-0.15, -0.1) is 0 Å². The quantitative estimate of drug-likeness (QED) is 0.885. The van der Waals surface area contributed by atoms with Crippen molar-refractivity contribution >= 4 is 9.84 Å². The zero-order valence-corrected chi connectivity index (χ0v) is 12.6. The average molecular weight is 301 g/mol. The van der Waals surface area contributed by atoms with Crippen LogP contribution in [0.4, 0.5) is 0 Å². The van der Waals surface area contributed by atoms with Crippen molar-refractivity contribution in [1.29, 1.82) is 0 Å². The van der Waals surface area contributed by atoms with Crippen LogP contribution >= 0.6 is 0 Å². The largest absolute Gasteiger partial charge is 0.492 e. The second kappa shape index (κ2) is 5.99. The number of morpholine rings is 1. The number of hydrogen-bond acceptors (Lipinski definition) is 6. The summed E-state index contributed by atoms with van der Waals surface area (Å²) in [7, 11) is -0.470. The molecule has 112 valence electrons. The lowest BCUT2D eigenvalue weighted by Gasteiger charge is -2.26. The van der Waals surface area contributed by atoms with E-state index >= 15 is 0 Å². The van der Waals surface area contributed by atoms with Gasteiger partial charge in [0.1, 0.15) is 4.90 Å². The Labute approximate surface area is 118 Å². The summed E-state index contributed by atoms with van der Waals surface area (Å²) in [5.74, 6) is 0.630. The monoisotopic (exact) mass is 301 g/mol. The Morgan fingerprint density at radius 3 is 2.45 bits per heavy atom. The maximum atomic E-state index is 11.8. The van der Waals surface area contributed by atoms with E-state index in [4.69, 9.17) is 14.2 Å². The molecule has 7 heteroatoms. The molecule has 1 unspecified atom stereocenters. The molecule has 1 N–H and O–H groups in total. The molecule has 2 rings (SSSR count). The highest BCUT2D eigenvalue weighted by atomic mass is 32.2. The fourth-order valence-electron chi connectivity index (χ4n) is 2.27. The molecule has 1 aromatic rings. The summed E-state index contributed by atoms with van der Waals surface area (Å²) in [5, 5.41) is 3.23. The fraction of sp³-hybridized carbons (Fsp3) is 0.538. The highest BCUT2D eigenvalue weighted by Crippen LogP contribution is 2.40. The van der Waals surface area contributed by atoms with Gasteiger partial charge in [0, 0.05) is 24.9 Å². The minimum Gasteiger partial charge on any atom is -0.492 e. The van der Waals surface area contributed by atoms with E-state index in [1.165, 1.54) is 20.3 Å². The molecular formula is C13H19NO5S. The maximum absolute atomic E-state index is 11.8. The van der Waals surface area contributed by atoms with Crippen LogP contribution in [0.5, 0.6) is 11.5 Å². The number of nitrogens with one attached hydrogen (secondary N) is 1. The molecule has 20 heavy (non-hydrogen) atoms. The molecule has 1 heterocycles. The molecule has 1 aliphatic rings. The second-order valence-electron chi connectivity index (χ2n) is 4.56. The van der Waals surface area contributed by atoms with Crippen LogP contribution in [0, 0.1) is 0 Å². The number of ether oxygens (including phenoxy) is 3. The van der Waals surface area contributed by atoms with E-state index in [1.807, 2.05) is 0 Å². The van der Waals surface area contributed by atoms with Gasteiger partial charge in [-0.25, -0.2) is 8.42 Å². The third kappa shape index (κ3) is 2.89. The van der Waals surface area contributed by atoms with Gasteiger partial charge < -0.3 is 19.5 Å². The van der Waals surface area contributed by atoms with Gasteiger partial charge in [0.05, 0.1) is 26.9 Å². The molecule has 1 atom stereocenters. The first-order chi connectivity index (χ1) is 9.49. The van der Waals surface area contributed by atoms with Gasteiger partial charge >= 0.3 is 0 Å². The number of methoxy groups -OCH3 is 2. The van der Waals surface area contributed by atoms with E-state index in [2.05, 4.69) is 5.32 Å². The molecule has 0 aliphatic carbocycles. The van der Waals surface area contributed by atoms with Crippen molar-refractivity contribution in [3.63, 3.8) is 0 Å². The van der Waals surface area contributed by atoms with E-state index < -0.39 is 9.84 Å². The second-order valence-corrected chi connectivity index (χ2v) is 6.54. The SMILES string of the molecule is COc1c(C2CNCCO2)ccc(S(C)(=O)=O)c1OC. The van der Waals surface area contributed by atoms with E-state index in [9.17, 15) is 8.42 Å². The first-order valence-electron chi connectivity index (χ1n) is 6.26. The van der Waals surface area contributed by atoms with Crippen LogP contribution in [0.1, 0.15) is 11.7 Å². The van der Waals surface area contributed by atoms with Gasteiger partial charge in [-0.1, -0.05) is 6.07 Å². The van der Waals surface area contributed by atoms with E-state index in [0.29, 0.717) is 18.9 Å². The van der Waals surface area contributed by atoms with Gasteiger partial charge in [-0.05, 0) is 6.07 Å². The first kappa shape index (κ1) is 15.1. The molecule has 1 fully saturated rings. The van der Waals surface area contributed by atoms with Crippen LogP contribution in [-0.2, 0) is 14.6 Å². The van der Waals surface area contributed by atoms with Gasteiger partial charge in [0.2, 0.25) is 0 Å². The molecule has 1 saturated heterocycles. The topological polar surface area (TPSA) is 73.9 Å². The number of hydrogen-bond donors (Lipinski definition) is 1. The van der Waals surface area contributed by atoms with Gasteiger partial charge in [-0.2, -0.15) is 0 Å². The minimum absolute atomic E-state index is 0.115. The van der Waals surface area contributed by atoms with Crippen LogP contribution < -0.4 is 14.8 Å². The molecule has 0 aromatic heterocycles. The number of sulfone groups is 1. The van der Waals surface area contributed by atoms with E-state index in [-0.39, 0.29) is 16.7 Å². The lowest BCUT2D eigenvalue weighted by atomic mass is 10.1. The molecule has 0 bridgehead atoms. The smallest absolute Gasteiger partial charge is 0.179 e. The normalized spacial score (nSPS) is 19.6. The van der Waals surface area contributed by atoms with E-state index in [0.717, 1.165) is 18.4 Å². The number of benzene rings is 1. The van der Waals surface area contributed by atoms with Crippen LogP contribution in [0.2, 0.25) is 0 Å². The first-order valence-corrected chi connectivity index (χ1v) is 8.15. The van der Waals surface area contributed by atoms with Crippen LogP contribution in [0.3, 0.4) is 0 Å². The Hall–Kier alpha value is -1.31. The third-order valence-electron chi connectivity index (χ3n) is 3.19. The summed E-state index contributed by atoms with van der Waals surface area (Å²) in [4.78, 5) is 0.115. The minimum atomic E-state index is -3.39. The lowest BCUT2D eigenvalue weighted by molar-refractivity contribution is 0.0260. The number of rotatable bonds is 4. The summed E-state index contributed by atoms with van der Waals surface area (Å²) >= 11 is 0. The summed E-state index contributed by atoms with van der Waals surface area (Å²) in [6.07, 6.45) is 0.962. The Balaban J connectivity index is 2.54. The Bertz CT molecular complexity index is 579. The van der Waals surface area contributed by atoms with Crippen molar-refractivity contribution in [2.75, 3.05) is 40.2 Å². The molecule has 1 aliphatic heterocycles. The van der Waals surface area contributed by atoms with Crippen molar-refractivity contribution in [1.82, 2.24) is 5.32 Å². The predicted octanol–water partition coefficient (Wildman–Crippen LogP) is 0.768. The van der Waals surface area contributed by atoms with Crippen molar-refractivity contribution < 1.29 is 22.6 Å². The van der Waals surface area contributed by atoms with Crippen molar-refractivity contribution in [2.24, 2.45) is 0 Å². The maximum Gasteiger partial charge on any atom is 0.179 e. The van der Waals surface area contributed by atoms with Gasteiger partial charge in [-0.3, -0.25) is 0 Å². The summed E-state index contributed by atoms with van der Waals surface area (Å²) in [5.41, 5.74) is 0.781. The van der Waals surface area contributed by atoms with Gasteiger partial charge in [0.25, 0.3) is 0 Å². The predicted molar refractivity (Wildman–Crippen MR) is 74.2 cm³/mol. The average Bonchev–Trinajstić information content (AvgIpc) is 2.45. The molecule has 0 spiro atoms. The van der Waals surface area contributed by atoms with Crippen LogP contribution in [0.15, 0.2) is 17.0 Å². The van der Waals surface area contributed by atoms with E-state index in [1.54, 1.807) is 6.07 Å². The van der Waals surface area contributed by atoms with Crippen molar-refractivity contribution in [2.45, 2.75) is 11.0 Å². The molecule has 0 amide bonds. The lowest BCUT2D eigenvalue weighted by Crippen LogP contribution is -2.33. The zero-order chi connectivity index (χ0) is 14.8. The molecule has 0 saturated carbocycles. The standard InChI is InChI=1S/C13H19NO5S/c1-17-12-9(10-8-14-6-7-19-10)4-5-11(13(12)18-2)20(3,15)16/h4-5,10,14H,6-8H2,1-3H3. The molecule has 6 nitrogen and oxygen atoms in total. The Morgan fingerprint density at radius 1 is 1.25 bits per heavy atom. The van der Waals surface area contributed by atoms with Crippen molar-refractivity contribution in [3.8, 4) is 11.5 Å².